The molecule has 6 heteroatoms. The van der Waals surface area contributed by atoms with E-state index in [1.54, 1.807) is 0 Å². The Kier molecular flexibility index (Phi) is 13.0. The summed E-state index contributed by atoms with van der Waals surface area (Å²) in [5.41, 5.74) is 0. The molecule has 0 aliphatic rings. The predicted molar refractivity (Wildman–Crippen MR) is 70.7 cm³/mol. The summed E-state index contributed by atoms with van der Waals surface area (Å²) < 4.78 is 10.2. The van der Waals surface area contributed by atoms with Crippen molar-refractivity contribution in [2.45, 2.75) is 26.1 Å². The number of rotatable bonds is 13. The number of nitrogens with one attached hydrogen (secondary N) is 2. The van der Waals surface area contributed by atoms with Crippen LogP contribution in [-0.4, -0.2) is 75.0 Å². The molecule has 0 saturated carbocycles. The number of hydrogen-bond donors (Lipinski definition) is 4. The van der Waals surface area contributed by atoms with Crippen LogP contribution in [0.4, 0.5) is 0 Å². The first-order valence-electron chi connectivity index (χ1n) is 6.63. The highest BCUT2D eigenvalue weighted by Crippen LogP contribution is 1.84. The molecule has 0 fully saturated rings. The quantitative estimate of drug-likeness (QED) is 0.318. The third kappa shape index (κ3) is 12.2. The Hall–Kier alpha value is -0.240. The van der Waals surface area contributed by atoms with E-state index in [4.69, 9.17) is 9.47 Å². The molecule has 0 amide bonds. The lowest BCUT2D eigenvalue weighted by Crippen LogP contribution is -2.37. The molecule has 0 aromatic heterocycles. The monoisotopic (exact) mass is 264 g/mol. The van der Waals surface area contributed by atoms with Crippen LogP contribution in [0.3, 0.4) is 0 Å². The van der Waals surface area contributed by atoms with Gasteiger partial charge in [-0.05, 0) is 13.8 Å². The molecule has 0 aromatic carbocycles. The van der Waals surface area contributed by atoms with Crippen LogP contribution in [-0.2, 0) is 9.47 Å². The van der Waals surface area contributed by atoms with Crippen molar-refractivity contribution in [1.82, 2.24) is 10.6 Å². The van der Waals surface area contributed by atoms with E-state index < -0.39 is 12.2 Å². The highest BCUT2D eigenvalue weighted by atomic mass is 16.5. The normalized spacial score (nSPS) is 14.7. The summed E-state index contributed by atoms with van der Waals surface area (Å²) in [6.45, 7) is 8.29. The molecule has 0 heterocycles. The van der Waals surface area contributed by atoms with Crippen LogP contribution < -0.4 is 10.6 Å². The van der Waals surface area contributed by atoms with Gasteiger partial charge in [-0.15, -0.1) is 0 Å². The fourth-order valence-corrected chi connectivity index (χ4v) is 1.34. The molecule has 6 nitrogen and oxygen atoms in total. The molecular weight excluding hydrogens is 236 g/mol. The molecule has 0 bridgehead atoms. The maximum atomic E-state index is 9.46. The Morgan fingerprint density at radius 2 is 1.22 bits per heavy atom. The summed E-state index contributed by atoms with van der Waals surface area (Å²) in [7, 11) is 0. The minimum absolute atomic E-state index is 0.365. The minimum atomic E-state index is -0.464. The zero-order valence-electron chi connectivity index (χ0n) is 11.5. The van der Waals surface area contributed by atoms with Crippen molar-refractivity contribution >= 4 is 0 Å². The average molecular weight is 264 g/mol. The van der Waals surface area contributed by atoms with Gasteiger partial charge < -0.3 is 30.3 Å². The Morgan fingerprint density at radius 3 is 1.56 bits per heavy atom. The Bertz CT molecular complexity index is 154. The summed E-state index contributed by atoms with van der Waals surface area (Å²) in [6.07, 6.45) is -0.929. The van der Waals surface area contributed by atoms with Crippen LogP contribution in [0, 0.1) is 0 Å². The van der Waals surface area contributed by atoms with Crippen molar-refractivity contribution < 1.29 is 19.7 Å². The van der Waals surface area contributed by atoms with Gasteiger partial charge in [-0.3, -0.25) is 0 Å². The maximum Gasteiger partial charge on any atom is 0.0897 e. The topological polar surface area (TPSA) is 83.0 Å². The molecule has 0 saturated heterocycles. The SMILES string of the molecule is CCOC[C@@H](O)CNCCNC[C@H](O)COCC. The lowest BCUT2D eigenvalue weighted by molar-refractivity contribution is 0.0412. The molecule has 0 aromatic rings. The fraction of sp³-hybridized carbons (Fsp3) is 1.00. The Balaban J connectivity index is 3.19. The van der Waals surface area contributed by atoms with Gasteiger partial charge in [-0.1, -0.05) is 0 Å². The number of aliphatic hydroxyl groups is 2. The zero-order valence-corrected chi connectivity index (χ0v) is 11.5. The molecule has 0 rings (SSSR count). The third-order valence-corrected chi connectivity index (χ3v) is 2.27. The molecule has 0 unspecified atom stereocenters. The van der Waals surface area contributed by atoms with Gasteiger partial charge in [0, 0.05) is 39.4 Å². The van der Waals surface area contributed by atoms with E-state index in [0.29, 0.717) is 39.5 Å². The number of aliphatic hydroxyl groups excluding tert-OH is 2. The van der Waals surface area contributed by atoms with E-state index in [1.165, 1.54) is 0 Å². The first kappa shape index (κ1) is 17.8. The van der Waals surface area contributed by atoms with Crippen LogP contribution in [0.2, 0.25) is 0 Å². The van der Waals surface area contributed by atoms with Crippen molar-refractivity contribution in [3.05, 3.63) is 0 Å². The summed E-state index contributed by atoms with van der Waals surface area (Å²) in [6, 6.07) is 0. The maximum absolute atomic E-state index is 9.46. The lowest BCUT2D eigenvalue weighted by Gasteiger charge is -2.13. The second-order valence-corrected chi connectivity index (χ2v) is 4.03. The van der Waals surface area contributed by atoms with Crippen molar-refractivity contribution in [2.24, 2.45) is 0 Å². The van der Waals surface area contributed by atoms with Crippen molar-refractivity contribution in [3.8, 4) is 0 Å². The van der Waals surface area contributed by atoms with Crippen molar-refractivity contribution in [2.75, 3.05) is 52.6 Å². The van der Waals surface area contributed by atoms with E-state index in [1.807, 2.05) is 13.8 Å². The summed E-state index contributed by atoms with van der Waals surface area (Å²) >= 11 is 0. The molecule has 2 atom stereocenters. The van der Waals surface area contributed by atoms with E-state index in [9.17, 15) is 10.2 Å². The summed E-state index contributed by atoms with van der Waals surface area (Å²) in [5.74, 6) is 0. The first-order chi connectivity index (χ1) is 8.70. The van der Waals surface area contributed by atoms with Gasteiger partial charge in [-0.2, -0.15) is 0 Å². The minimum Gasteiger partial charge on any atom is -0.389 e. The largest absolute Gasteiger partial charge is 0.389 e. The van der Waals surface area contributed by atoms with E-state index in [-0.39, 0.29) is 0 Å². The predicted octanol–water partition coefficient (Wildman–Crippen LogP) is -1.04. The van der Waals surface area contributed by atoms with Crippen LogP contribution >= 0.6 is 0 Å². The van der Waals surface area contributed by atoms with Crippen molar-refractivity contribution in [1.29, 1.82) is 0 Å². The van der Waals surface area contributed by atoms with Crippen LogP contribution in [0.25, 0.3) is 0 Å². The van der Waals surface area contributed by atoms with Crippen molar-refractivity contribution in [3.63, 3.8) is 0 Å². The van der Waals surface area contributed by atoms with Gasteiger partial charge in [0.2, 0.25) is 0 Å². The second-order valence-electron chi connectivity index (χ2n) is 4.03. The van der Waals surface area contributed by atoms with E-state index in [0.717, 1.165) is 13.1 Å². The van der Waals surface area contributed by atoms with E-state index in [2.05, 4.69) is 10.6 Å². The number of hydrogen-bond acceptors (Lipinski definition) is 6. The molecule has 18 heavy (non-hydrogen) atoms. The van der Waals surface area contributed by atoms with Gasteiger partial charge in [0.25, 0.3) is 0 Å². The standard InChI is InChI=1S/C12H28N2O4/c1-3-17-9-11(15)7-13-5-6-14-8-12(16)10-18-4-2/h11-16H,3-10H2,1-2H3/t11-,12-/m0/s1. The molecule has 0 aliphatic carbocycles. The molecule has 0 aliphatic heterocycles. The van der Waals surface area contributed by atoms with Gasteiger partial charge in [-0.25, -0.2) is 0 Å². The fourth-order valence-electron chi connectivity index (χ4n) is 1.34. The van der Waals surface area contributed by atoms with E-state index >= 15 is 0 Å². The van der Waals surface area contributed by atoms with Crippen LogP contribution in [0.5, 0.6) is 0 Å². The lowest BCUT2D eigenvalue weighted by atomic mass is 10.3. The van der Waals surface area contributed by atoms with Crippen LogP contribution in [0.1, 0.15) is 13.8 Å². The molecule has 0 spiro atoms. The third-order valence-electron chi connectivity index (χ3n) is 2.27. The molecular formula is C12H28N2O4. The van der Waals surface area contributed by atoms with Gasteiger partial charge in [0.15, 0.2) is 0 Å². The van der Waals surface area contributed by atoms with Gasteiger partial charge >= 0.3 is 0 Å². The van der Waals surface area contributed by atoms with Gasteiger partial charge in [0.1, 0.15) is 0 Å². The Labute approximate surface area is 110 Å². The summed E-state index contributed by atoms with van der Waals surface area (Å²) in [4.78, 5) is 0. The highest BCUT2D eigenvalue weighted by molar-refractivity contribution is 4.62. The summed E-state index contributed by atoms with van der Waals surface area (Å²) in [5, 5.41) is 25.1. The highest BCUT2D eigenvalue weighted by Gasteiger charge is 2.04. The molecule has 110 valence electrons. The molecule has 0 radical (unpaired) electrons. The first-order valence-corrected chi connectivity index (χ1v) is 6.63. The Morgan fingerprint density at radius 1 is 0.833 bits per heavy atom. The van der Waals surface area contributed by atoms with Crippen LogP contribution in [0.15, 0.2) is 0 Å². The number of ether oxygens (including phenoxy) is 2. The van der Waals surface area contributed by atoms with Gasteiger partial charge in [0.05, 0.1) is 25.4 Å². The smallest absolute Gasteiger partial charge is 0.0897 e. The zero-order chi connectivity index (χ0) is 13.6. The molecule has 4 N–H and O–H groups in total. The average Bonchev–Trinajstić information content (AvgIpc) is 2.37. The second kappa shape index (κ2) is 13.2.